The summed E-state index contributed by atoms with van der Waals surface area (Å²) < 4.78 is 13.7. The third kappa shape index (κ3) is 2.26. The van der Waals surface area contributed by atoms with Gasteiger partial charge in [-0.15, -0.1) is 0 Å². The molecule has 0 bridgehead atoms. The molecule has 1 amide bonds. The molecule has 1 aromatic carbocycles. The standard InChI is InChI=1S/C15H18FNO/c1-10-8-13(10)15(18)17(12-6-7-12)9-11-4-2-3-5-14(11)16/h2-5,10,12-13H,6-9H2,1H3. The van der Waals surface area contributed by atoms with Gasteiger partial charge in [0.05, 0.1) is 0 Å². The first-order valence-electron chi connectivity index (χ1n) is 6.70. The molecule has 2 saturated carbocycles. The number of amides is 1. The van der Waals surface area contributed by atoms with Gasteiger partial charge in [0, 0.05) is 24.1 Å². The summed E-state index contributed by atoms with van der Waals surface area (Å²) >= 11 is 0. The SMILES string of the molecule is CC1CC1C(=O)N(Cc1ccccc1F)C1CC1. The molecule has 0 heterocycles. The molecule has 0 N–H and O–H groups in total. The lowest BCUT2D eigenvalue weighted by Crippen LogP contribution is -2.34. The molecule has 0 saturated heterocycles. The second kappa shape index (κ2) is 4.38. The Morgan fingerprint density at radius 3 is 2.61 bits per heavy atom. The maximum absolute atomic E-state index is 13.7. The van der Waals surface area contributed by atoms with Gasteiger partial charge in [0.15, 0.2) is 0 Å². The van der Waals surface area contributed by atoms with Crippen molar-refractivity contribution in [1.29, 1.82) is 0 Å². The Balaban J connectivity index is 1.75. The maximum atomic E-state index is 13.7. The number of hydrogen-bond donors (Lipinski definition) is 0. The van der Waals surface area contributed by atoms with Gasteiger partial charge in [-0.25, -0.2) is 4.39 Å². The number of carbonyl (C=O) groups excluding carboxylic acids is 1. The molecule has 2 atom stereocenters. The Bertz CT molecular complexity index is 469. The van der Waals surface area contributed by atoms with Gasteiger partial charge in [-0.3, -0.25) is 4.79 Å². The van der Waals surface area contributed by atoms with Crippen molar-refractivity contribution in [3.8, 4) is 0 Å². The van der Waals surface area contributed by atoms with Crippen LogP contribution in [0.5, 0.6) is 0 Å². The van der Waals surface area contributed by atoms with Gasteiger partial charge < -0.3 is 4.90 Å². The lowest BCUT2D eigenvalue weighted by Gasteiger charge is -2.23. The fourth-order valence-corrected chi connectivity index (χ4v) is 2.46. The van der Waals surface area contributed by atoms with Gasteiger partial charge in [0.1, 0.15) is 5.82 Å². The van der Waals surface area contributed by atoms with Gasteiger partial charge in [-0.05, 0) is 31.2 Å². The normalized spacial score (nSPS) is 25.9. The van der Waals surface area contributed by atoms with Crippen molar-refractivity contribution in [1.82, 2.24) is 4.90 Å². The van der Waals surface area contributed by atoms with Crippen LogP contribution in [0.3, 0.4) is 0 Å². The van der Waals surface area contributed by atoms with E-state index in [9.17, 15) is 9.18 Å². The highest BCUT2D eigenvalue weighted by atomic mass is 19.1. The summed E-state index contributed by atoms with van der Waals surface area (Å²) in [7, 11) is 0. The summed E-state index contributed by atoms with van der Waals surface area (Å²) in [5, 5.41) is 0. The lowest BCUT2D eigenvalue weighted by molar-refractivity contribution is -0.134. The molecule has 2 unspecified atom stereocenters. The van der Waals surface area contributed by atoms with Crippen molar-refractivity contribution in [3.63, 3.8) is 0 Å². The molecular formula is C15H18FNO. The number of hydrogen-bond acceptors (Lipinski definition) is 1. The molecule has 96 valence electrons. The predicted octanol–water partition coefficient (Wildman–Crippen LogP) is 2.97. The summed E-state index contributed by atoms with van der Waals surface area (Å²) in [4.78, 5) is 14.2. The minimum Gasteiger partial charge on any atom is -0.335 e. The van der Waals surface area contributed by atoms with Gasteiger partial charge >= 0.3 is 0 Å². The molecule has 18 heavy (non-hydrogen) atoms. The monoisotopic (exact) mass is 247 g/mol. The van der Waals surface area contributed by atoms with E-state index < -0.39 is 0 Å². The quantitative estimate of drug-likeness (QED) is 0.801. The molecule has 2 aliphatic rings. The zero-order chi connectivity index (χ0) is 12.7. The fourth-order valence-electron chi connectivity index (χ4n) is 2.46. The smallest absolute Gasteiger partial charge is 0.226 e. The average molecular weight is 247 g/mol. The number of nitrogens with zero attached hydrogens (tertiary/aromatic N) is 1. The van der Waals surface area contributed by atoms with E-state index in [1.54, 1.807) is 12.1 Å². The topological polar surface area (TPSA) is 20.3 Å². The van der Waals surface area contributed by atoms with Crippen molar-refractivity contribution in [2.45, 2.75) is 38.8 Å². The predicted molar refractivity (Wildman–Crippen MR) is 67.2 cm³/mol. The van der Waals surface area contributed by atoms with E-state index in [-0.39, 0.29) is 17.6 Å². The first-order valence-corrected chi connectivity index (χ1v) is 6.70. The Hall–Kier alpha value is -1.38. The lowest BCUT2D eigenvalue weighted by atomic mass is 10.2. The first kappa shape index (κ1) is 11.7. The third-order valence-electron chi connectivity index (χ3n) is 4.00. The summed E-state index contributed by atoms with van der Waals surface area (Å²) in [6, 6.07) is 7.10. The molecular weight excluding hydrogens is 229 g/mol. The van der Waals surface area contributed by atoms with Crippen molar-refractivity contribution >= 4 is 5.91 Å². The molecule has 0 aromatic heterocycles. The van der Waals surface area contributed by atoms with Crippen molar-refractivity contribution in [2.75, 3.05) is 0 Å². The van der Waals surface area contributed by atoms with Gasteiger partial charge in [-0.2, -0.15) is 0 Å². The zero-order valence-electron chi connectivity index (χ0n) is 10.6. The van der Waals surface area contributed by atoms with Crippen LogP contribution in [0.15, 0.2) is 24.3 Å². The maximum Gasteiger partial charge on any atom is 0.226 e. The second-order valence-corrected chi connectivity index (χ2v) is 5.61. The number of benzene rings is 1. The van der Waals surface area contributed by atoms with Crippen LogP contribution in [-0.2, 0) is 11.3 Å². The van der Waals surface area contributed by atoms with Gasteiger partial charge in [0.2, 0.25) is 5.91 Å². The van der Waals surface area contributed by atoms with E-state index >= 15 is 0 Å². The fraction of sp³-hybridized carbons (Fsp3) is 0.533. The molecule has 3 rings (SSSR count). The highest BCUT2D eigenvalue weighted by Gasteiger charge is 2.45. The Morgan fingerprint density at radius 1 is 1.39 bits per heavy atom. The van der Waals surface area contributed by atoms with Crippen LogP contribution in [0.4, 0.5) is 4.39 Å². The van der Waals surface area contributed by atoms with Crippen molar-refractivity contribution in [3.05, 3.63) is 35.6 Å². The molecule has 0 radical (unpaired) electrons. The minimum atomic E-state index is -0.209. The van der Waals surface area contributed by atoms with E-state index in [0.717, 1.165) is 19.3 Å². The number of halogens is 1. The van der Waals surface area contributed by atoms with Crippen molar-refractivity contribution < 1.29 is 9.18 Å². The molecule has 2 nitrogen and oxygen atoms in total. The summed E-state index contributed by atoms with van der Waals surface area (Å²) in [5.74, 6) is 0.727. The summed E-state index contributed by atoms with van der Waals surface area (Å²) in [5.41, 5.74) is 0.631. The Morgan fingerprint density at radius 2 is 2.06 bits per heavy atom. The highest BCUT2D eigenvalue weighted by Crippen LogP contribution is 2.42. The minimum absolute atomic E-state index is 0.192. The number of rotatable bonds is 4. The zero-order valence-corrected chi connectivity index (χ0v) is 10.6. The Labute approximate surface area is 107 Å². The second-order valence-electron chi connectivity index (χ2n) is 5.61. The first-order chi connectivity index (χ1) is 8.66. The molecule has 1 aromatic rings. The molecule has 3 heteroatoms. The van der Waals surface area contributed by atoms with Crippen LogP contribution in [0.25, 0.3) is 0 Å². The van der Waals surface area contributed by atoms with Crippen LogP contribution in [0.1, 0.15) is 31.7 Å². The summed E-state index contributed by atoms with van der Waals surface area (Å²) in [6.45, 7) is 2.54. The molecule has 0 aliphatic heterocycles. The van der Waals surface area contributed by atoms with Gasteiger partial charge in [-0.1, -0.05) is 25.1 Å². The number of carbonyl (C=O) groups is 1. The van der Waals surface area contributed by atoms with Crippen LogP contribution in [0.2, 0.25) is 0 Å². The van der Waals surface area contributed by atoms with E-state index in [2.05, 4.69) is 6.92 Å². The van der Waals surface area contributed by atoms with Crippen LogP contribution >= 0.6 is 0 Å². The molecule has 2 fully saturated rings. The van der Waals surface area contributed by atoms with E-state index in [0.29, 0.717) is 24.1 Å². The molecule has 2 aliphatic carbocycles. The van der Waals surface area contributed by atoms with E-state index in [4.69, 9.17) is 0 Å². The molecule has 0 spiro atoms. The van der Waals surface area contributed by atoms with E-state index in [1.807, 2.05) is 11.0 Å². The average Bonchev–Trinajstić information content (AvgIpc) is 3.23. The van der Waals surface area contributed by atoms with Crippen LogP contribution in [-0.4, -0.2) is 16.8 Å². The van der Waals surface area contributed by atoms with Gasteiger partial charge in [0.25, 0.3) is 0 Å². The van der Waals surface area contributed by atoms with Crippen LogP contribution < -0.4 is 0 Å². The van der Waals surface area contributed by atoms with Crippen LogP contribution in [0, 0.1) is 17.7 Å². The Kier molecular flexibility index (Phi) is 2.84. The van der Waals surface area contributed by atoms with Crippen molar-refractivity contribution in [2.24, 2.45) is 11.8 Å². The third-order valence-corrected chi connectivity index (χ3v) is 4.00. The largest absolute Gasteiger partial charge is 0.335 e. The summed E-state index contributed by atoms with van der Waals surface area (Å²) in [6.07, 6.45) is 3.14. The highest BCUT2D eigenvalue weighted by molar-refractivity contribution is 5.82. The van der Waals surface area contributed by atoms with E-state index in [1.165, 1.54) is 6.07 Å².